The van der Waals surface area contributed by atoms with Crippen molar-refractivity contribution in [2.24, 2.45) is 0 Å². The largest absolute Gasteiger partial charge is 0.396 e. The van der Waals surface area contributed by atoms with E-state index in [-0.39, 0.29) is 13.0 Å². The zero-order chi connectivity index (χ0) is 13.9. The van der Waals surface area contributed by atoms with Gasteiger partial charge in [-0.1, -0.05) is 0 Å². The molecule has 0 saturated heterocycles. The molecule has 18 heavy (non-hydrogen) atoms. The summed E-state index contributed by atoms with van der Waals surface area (Å²) in [6, 6.07) is 1.60. The molecule has 1 aromatic rings. The van der Waals surface area contributed by atoms with Gasteiger partial charge in [0.25, 0.3) is 5.69 Å². The summed E-state index contributed by atoms with van der Waals surface area (Å²) < 4.78 is 26.7. The summed E-state index contributed by atoms with van der Waals surface area (Å²) in [6.07, 6.45) is 0.236. The van der Waals surface area contributed by atoms with Gasteiger partial charge >= 0.3 is 0 Å². The van der Waals surface area contributed by atoms with Crippen LogP contribution in [0, 0.1) is 21.7 Å². The van der Waals surface area contributed by atoms with Crippen LogP contribution in [-0.4, -0.2) is 22.2 Å². The first-order valence-electron chi connectivity index (χ1n) is 5.30. The van der Waals surface area contributed by atoms with Crippen molar-refractivity contribution in [1.29, 1.82) is 0 Å². The highest BCUT2D eigenvalue weighted by molar-refractivity contribution is 5.63. The van der Waals surface area contributed by atoms with Crippen LogP contribution in [0.25, 0.3) is 0 Å². The Kier molecular flexibility index (Phi) is 4.18. The summed E-state index contributed by atoms with van der Waals surface area (Å²) in [5.41, 5.74) is -1.84. The highest BCUT2D eigenvalue weighted by Crippen LogP contribution is 2.32. The van der Waals surface area contributed by atoms with Gasteiger partial charge in [0, 0.05) is 18.2 Å². The molecule has 0 saturated carbocycles. The Hall–Kier alpha value is -1.76. The molecule has 0 aliphatic carbocycles. The third-order valence-corrected chi connectivity index (χ3v) is 2.47. The number of hydrogen-bond acceptors (Lipinski definition) is 4. The molecule has 0 aromatic heterocycles. The zero-order valence-electron chi connectivity index (χ0n) is 10.0. The molecule has 5 nitrogen and oxygen atoms in total. The molecular weight excluding hydrogens is 246 g/mol. The van der Waals surface area contributed by atoms with Crippen LogP contribution >= 0.6 is 0 Å². The summed E-state index contributed by atoms with van der Waals surface area (Å²) in [5.74, 6) is -2.46. The third kappa shape index (κ3) is 3.13. The second kappa shape index (κ2) is 5.26. The number of rotatable bonds is 5. The number of anilines is 1. The van der Waals surface area contributed by atoms with E-state index < -0.39 is 33.5 Å². The fraction of sp³-hybridized carbons (Fsp3) is 0.455. The maximum absolute atomic E-state index is 13.6. The first-order chi connectivity index (χ1) is 8.28. The Bertz CT molecular complexity index is 464. The van der Waals surface area contributed by atoms with Gasteiger partial charge < -0.3 is 10.4 Å². The third-order valence-electron chi connectivity index (χ3n) is 2.47. The summed E-state index contributed by atoms with van der Waals surface area (Å²) in [5, 5.41) is 22.2. The van der Waals surface area contributed by atoms with Gasteiger partial charge in [-0.15, -0.1) is 0 Å². The van der Waals surface area contributed by atoms with Crippen molar-refractivity contribution < 1.29 is 18.8 Å². The van der Waals surface area contributed by atoms with E-state index in [1.54, 1.807) is 13.8 Å². The molecule has 0 fully saturated rings. The fourth-order valence-corrected chi connectivity index (χ4v) is 1.49. The molecule has 2 N–H and O–H groups in total. The molecule has 0 spiro atoms. The van der Waals surface area contributed by atoms with Crippen molar-refractivity contribution in [1.82, 2.24) is 0 Å². The minimum atomic E-state index is -1.30. The predicted molar refractivity (Wildman–Crippen MR) is 62.4 cm³/mol. The highest BCUT2D eigenvalue weighted by Gasteiger charge is 2.27. The average Bonchev–Trinajstić information content (AvgIpc) is 2.24. The number of aliphatic hydroxyl groups excluding tert-OH is 1. The maximum Gasteiger partial charge on any atom is 0.295 e. The number of nitro benzene ring substituents is 1. The number of halogens is 2. The van der Waals surface area contributed by atoms with Crippen molar-refractivity contribution >= 4 is 11.4 Å². The number of benzene rings is 1. The lowest BCUT2D eigenvalue weighted by Crippen LogP contribution is -2.32. The predicted octanol–water partition coefficient (Wildman–Crippen LogP) is 2.45. The molecule has 1 rings (SSSR count). The van der Waals surface area contributed by atoms with E-state index in [0.717, 1.165) is 6.07 Å². The van der Waals surface area contributed by atoms with Crippen LogP contribution in [-0.2, 0) is 0 Å². The second-order valence-electron chi connectivity index (χ2n) is 4.50. The molecule has 0 amide bonds. The first-order valence-corrected chi connectivity index (χ1v) is 5.30. The van der Waals surface area contributed by atoms with Crippen LogP contribution in [0.4, 0.5) is 20.2 Å². The number of hydrogen-bond donors (Lipinski definition) is 2. The molecule has 0 aliphatic heterocycles. The van der Waals surface area contributed by atoms with Crippen LogP contribution in [0.3, 0.4) is 0 Å². The van der Waals surface area contributed by atoms with E-state index in [4.69, 9.17) is 5.11 Å². The van der Waals surface area contributed by atoms with E-state index in [1.807, 2.05) is 0 Å². The van der Waals surface area contributed by atoms with E-state index in [9.17, 15) is 18.9 Å². The minimum absolute atomic E-state index is 0.176. The summed E-state index contributed by atoms with van der Waals surface area (Å²) in [4.78, 5) is 9.96. The molecular formula is C11H14F2N2O3. The zero-order valence-corrected chi connectivity index (χ0v) is 10.0. The lowest BCUT2D eigenvalue weighted by atomic mass is 10.0. The average molecular weight is 260 g/mol. The number of aliphatic hydroxyl groups is 1. The molecule has 0 radical (unpaired) electrons. The number of nitrogens with zero attached hydrogens (tertiary/aromatic N) is 1. The van der Waals surface area contributed by atoms with Crippen molar-refractivity contribution in [2.75, 3.05) is 11.9 Å². The molecule has 0 aliphatic rings. The van der Waals surface area contributed by atoms with Gasteiger partial charge in [0.2, 0.25) is 0 Å². The lowest BCUT2D eigenvalue weighted by molar-refractivity contribution is -0.384. The fourth-order valence-electron chi connectivity index (χ4n) is 1.49. The van der Waals surface area contributed by atoms with E-state index in [1.165, 1.54) is 0 Å². The van der Waals surface area contributed by atoms with Crippen molar-refractivity contribution in [3.05, 3.63) is 33.9 Å². The van der Waals surface area contributed by atoms with Crippen molar-refractivity contribution in [3.8, 4) is 0 Å². The Morgan fingerprint density at radius 2 is 2.06 bits per heavy atom. The second-order valence-corrected chi connectivity index (χ2v) is 4.50. The topological polar surface area (TPSA) is 75.4 Å². The Morgan fingerprint density at radius 3 is 2.56 bits per heavy atom. The van der Waals surface area contributed by atoms with Crippen molar-refractivity contribution in [3.63, 3.8) is 0 Å². The normalized spacial score (nSPS) is 11.4. The Morgan fingerprint density at radius 1 is 1.44 bits per heavy atom. The quantitative estimate of drug-likeness (QED) is 0.629. The van der Waals surface area contributed by atoms with Crippen LogP contribution < -0.4 is 5.32 Å². The number of nitro groups is 1. The van der Waals surface area contributed by atoms with Gasteiger partial charge in [0.05, 0.1) is 4.92 Å². The minimum Gasteiger partial charge on any atom is -0.396 e. The van der Waals surface area contributed by atoms with E-state index in [0.29, 0.717) is 6.07 Å². The van der Waals surface area contributed by atoms with Crippen LogP contribution in [0.1, 0.15) is 20.3 Å². The summed E-state index contributed by atoms with van der Waals surface area (Å²) in [6.45, 7) is 3.07. The van der Waals surface area contributed by atoms with Gasteiger partial charge in [-0.05, 0) is 26.3 Å². The first kappa shape index (κ1) is 14.3. The van der Waals surface area contributed by atoms with Gasteiger partial charge in [0.15, 0.2) is 17.3 Å². The molecule has 0 heterocycles. The van der Waals surface area contributed by atoms with Crippen molar-refractivity contribution in [2.45, 2.75) is 25.8 Å². The maximum atomic E-state index is 13.6. The smallest absolute Gasteiger partial charge is 0.295 e. The highest BCUT2D eigenvalue weighted by atomic mass is 19.2. The standard InChI is InChI=1S/C11H14F2N2O3/c1-11(2,5-6-16)14-10-8(15(17)18)4-3-7(12)9(10)13/h3-4,14,16H,5-6H2,1-2H3. The molecule has 1 aromatic carbocycles. The Labute approximate surface area is 103 Å². The van der Waals surface area contributed by atoms with E-state index >= 15 is 0 Å². The van der Waals surface area contributed by atoms with Gasteiger partial charge in [0.1, 0.15) is 0 Å². The molecule has 0 atom stereocenters. The summed E-state index contributed by atoms with van der Waals surface area (Å²) in [7, 11) is 0. The van der Waals surface area contributed by atoms with Gasteiger partial charge in [-0.3, -0.25) is 10.1 Å². The number of nitrogens with one attached hydrogen (secondary N) is 1. The molecule has 7 heteroatoms. The Balaban J connectivity index is 3.21. The SMILES string of the molecule is CC(C)(CCO)Nc1c([N+](=O)[O-])ccc(F)c1F. The molecule has 0 unspecified atom stereocenters. The molecule has 0 bridgehead atoms. The van der Waals surface area contributed by atoms with E-state index in [2.05, 4.69) is 5.32 Å². The monoisotopic (exact) mass is 260 g/mol. The summed E-state index contributed by atoms with van der Waals surface area (Å²) >= 11 is 0. The van der Waals surface area contributed by atoms with Crippen LogP contribution in [0.5, 0.6) is 0 Å². The van der Waals surface area contributed by atoms with Crippen LogP contribution in [0.15, 0.2) is 12.1 Å². The molecule has 100 valence electrons. The van der Waals surface area contributed by atoms with Gasteiger partial charge in [-0.2, -0.15) is 0 Å². The van der Waals surface area contributed by atoms with Gasteiger partial charge in [-0.25, -0.2) is 8.78 Å². The lowest BCUT2D eigenvalue weighted by Gasteiger charge is -2.26. The van der Waals surface area contributed by atoms with Crippen LogP contribution in [0.2, 0.25) is 0 Å².